The quantitative estimate of drug-likeness (QED) is 0.0955. The molecule has 10 heteroatoms. The molecule has 4 rings (SSSR count). The van der Waals surface area contributed by atoms with Gasteiger partial charge in [0.1, 0.15) is 12.2 Å². The number of amidine groups is 1. The minimum atomic E-state index is -0.744. The van der Waals surface area contributed by atoms with Crippen LogP contribution in [0, 0.1) is 12.3 Å². The number of hydrogen-bond acceptors (Lipinski definition) is 6. The molecule has 3 amide bonds. The van der Waals surface area contributed by atoms with Gasteiger partial charge >= 0.3 is 0 Å². The Balaban J connectivity index is 1.65. The molecule has 1 N–H and O–H groups in total. The Labute approximate surface area is 287 Å². The zero-order chi connectivity index (χ0) is 33.8. The molecule has 47 heavy (non-hydrogen) atoms. The minimum absolute atomic E-state index is 0.0258. The monoisotopic (exact) mass is 709 g/mol. The Kier molecular flexibility index (Phi) is 12.6. The molecule has 0 saturated carbocycles. The molecule has 0 spiro atoms. The number of methoxy groups -OCH3 is 1. The lowest BCUT2D eigenvalue weighted by Gasteiger charge is -2.28. The van der Waals surface area contributed by atoms with Gasteiger partial charge in [-0.3, -0.25) is 19.3 Å². The molecule has 0 atom stereocenters. The van der Waals surface area contributed by atoms with Crippen LogP contribution in [-0.4, -0.2) is 47.3 Å². The first kappa shape index (κ1) is 34.8. The van der Waals surface area contributed by atoms with Gasteiger partial charge in [-0.15, -0.1) is 6.42 Å². The first-order chi connectivity index (χ1) is 22.8. The van der Waals surface area contributed by atoms with Gasteiger partial charge in [-0.1, -0.05) is 103 Å². The van der Waals surface area contributed by atoms with Crippen LogP contribution in [-0.2, 0) is 14.4 Å². The first-order valence-electron chi connectivity index (χ1n) is 14.4. The second-order valence-electron chi connectivity index (χ2n) is 9.84. The van der Waals surface area contributed by atoms with Crippen LogP contribution in [0.15, 0.2) is 124 Å². The van der Waals surface area contributed by atoms with Crippen LogP contribution in [0.25, 0.3) is 6.08 Å². The maximum Gasteiger partial charge on any atom is 0.285 e. The number of allylic oxidation sites excluding steroid dienone is 4. The number of nitrogens with one attached hydrogen (secondary N) is 1. The highest BCUT2D eigenvalue weighted by atomic mass is 79.9. The van der Waals surface area contributed by atoms with Crippen molar-refractivity contribution in [2.24, 2.45) is 4.99 Å². The van der Waals surface area contributed by atoms with Crippen molar-refractivity contribution < 1.29 is 23.9 Å². The number of aliphatic imine (C=N–C) groups is 1. The molecule has 0 saturated heterocycles. The summed E-state index contributed by atoms with van der Waals surface area (Å²) in [6.45, 7) is 5.49. The Hall–Kier alpha value is -5.11. The highest BCUT2D eigenvalue weighted by Crippen LogP contribution is 2.38. The molecule has 1 aliphatic heterocycles. The lowest BCUT2D eigenvalue weighted by atomic mass is 9.99. The molecule has 1 aliphatic rings. The zero-order valence-corrected chi connectivity index (χ0v) is 28.2. The Morgan fingerprint density at radius 1 is 1.13 bits per heavy atom. The Bertz CT molecular complexity index is 1770. The van der Waals surface area contributed by atoms with E-state index >= 15 is 0 Å². The number of hydrogen-bond donors (Lipinski definition) is 1. The van der Waals surface area contributed by atoms with Gasteiger partial charge in [0.2, 0.25) is 5.91 Å². The van der Waals surface area contributed by atoms with Crippen molar-refractivity contribution in [2.45, 2.75) is 13.0 Å². The van der Waals surface area contributed by atoms with Gasteiger partial charge in [0.05, 0.1) is 23.4 Å². The molecular formula is C37H32BrN3O5S. The summed E-state index contributed by atoms with van der Waals surface area (Å²) in [6, 6.07) is 22.1. The van der Waals surface area contributed by atoms with Crippen molar-refractivity contribution in [3.63, 3.8) is 0 Å². The summed E-state index contributed by atoms with van der Waals surface area (Å²) in [4.78, 5) is 46.3. The topological polar surface area (TPSA) is 97.3 Å². The fourth-order valence-electron chi connectivity index (χ4n) is 4.64. The third-order valence-corrected chi connectivity index (χ3v) is 8.30. The van der Waals surface area contributed by atoms with E-state index in [9.17, 15) is 14.4 Å². The van der Waals surface area contributed by atoms with E-state index < -0.39 is 17.9 Å². The van der Waals surface area contributed by atoms with Crippen molar-refractivity contribution in [1.82, 2.24) is 10.2 Å². The number of terminal acetylenes is 1. The molecule has 8 nitrogen and oxygen atoms in total. The Morgan fingerprint density at radius 2 is 1.79 bits per heavy atom. The van der Waals surface area contributed by atoms with Crippen LogP contribution >= 0.6 is 27.7 Å². The molecule has 0 fully saturated rings. The van der Waals surface area contributed by atoms with Gasteiger partial charge in [0.25, 0.3) is 11.8 Å². The largest absolute Gasteiger partial charge is 0.493 e. The van der Waals surface area contributed by atoms with Crippen molar-refractivity contribution in [2.75, 3.05) is 19.5 Å². The van der Waals surface area contributed by atoms with Gasteiger partial charge in [0.15, 0.2) is 16.7 Å². The number of amides is 3. The summed E-state index contributed by atoms with van der Waals surface area (Å²) >= 11 is 4.44. The molecule has 0 unspecified atom stereocenters. The molecule has 0 aliphatic carbocycles. The van der Waals surface area contributed by atoms with Gasteiger partial charge < -0.3 is 14.8 Å². The van der Waals surface area contributed by atoms with Crippen molar-refractivity contribution in [3.05, 3.63) is 136 Å². The van der Waals surface area contributed by atoms with E-state index in [-0.39, 0.29) is 29.0 Å². The highest BCUT2D eigenvalue weighted by Gasteiger charge is 2.35. The van der Waals surface area contributed by atoms with Gasteiger partial charge in [-0.2, -0.15) is 4.99 Å². The maximum absolute atomic E-state index is 14.0. The minimum Gasteiger partial charge on any atom is -0.493 e. The van der Waals surface area contributed by atoms with Crippen LogP contribution < -0.4 is 14.8 Å². The van der Waals surface area contributed by atoms with E-state index in [2.05, 4.69) is 38.7 Å². The van der Waals surface area contributed by atoms with E-state index in [1.54, 1.807) is 43.4 Å². The molecule has 3 aromatic rings. The number of ether oxygens (including phenoxy) is 2. The van der Waals surface area contributed by atoms with Crippen molar-refractivity contribution >= 4 is 56.7 Å². The number of carbonyl (C=O) groups is 3. The normalized spacial score (nSPS) is 14.3. The zero-order valence-electron chi connectivity index (χ0n) is 25.8. The van der Waals surface area contributed by atoms with Gasteiger partial charge in [-0.25, -0.2) is 0 Å². The maximum atomic E-state index is 14.0. The van der Waals surface area contributed by atoms with Gasteiger partial charge in [0, 0.05) is 5.70 Å². The third kappa shape index (κ3) is 8.79. The van der Waals surface area contributed by atoms with Crippen LogP contribution in [0.3, 0.4) is 0 Å². The van der Waals surface area contributed by atoms with E-state index in [1.807, 2.05) is 60.7 Å². The second kappa shape index (κ2) is 17.0. The summed E-state index contributed by atoms with van der Waals surface area (Å²) in [5.41, 5.74) is 2.59. The van der Waals surface area contributed by atoms with Crippen LogP contribution in [0.4, 0.5) is 0 Å². The fourth-order valence-corrected chi connectivity index (χ4v) is 6.02. The fraction of sp³-hybridized carbons (Fsp3) is 0.135. The lowest BCUT2D eigenvalue weighted by molar-refractivity contribution is -0.126. The van der Waals surface area contributed by atoms with Gasteiger partial charge in [-0.05, 0) is 63.8 Å². The standard InChI is InChI=1S/C37H32BrN3O5S/c1-5-8-19-28(7-3)41-36(44)29(21-25-22-30(38)34(46-20-6-2)31(23-25)45-4)35(43)40-37(41)47-24-32(42)39-33(26-15-11-9-12-16-26)27-17-13-10-14-18-27/h2,5,7-19,21-23,33H,1,20,24H2,3-4H3,(H,39,42)/b19-8-,28-7+,29-21+. The Morgan fingerprint density at radius 3 is 2.36 bits per heavy atom. The van der Waals surface area contributed by atoms with E-state index in [0.29, 0.717) is 27.2 Å². The summed E-state index contributed by atoms with van der Waals surface area (Å²) in [5, 5.41) is 3.16. The molecule has 1 heterocycles. The molecule has 3 aromatic carbocycles. The predicted octanol–water partition coefficient (Wildman–Crippen LogP) is 6.86. The lowest BCUT2D eigenvalue weighted by Crippen LogP contribution is -2.42. The molecule has 238 valence electrons. The van der Waals surface area contributed by atoms with E-state index in [1.165, 1.54) is 18.1 Å². The molecule has 0 aromatic heterocycles. The average molecular weight is 711 g/mol. The number of rotatable bonds is 12. The SMILES string of the molecule is C#CCOc1c(Br)cc(/C=C2\C(=O)N=C(SCC(=O)NC(c3ccccc3)c3ccccc3)N(C(/C=C\C=C)=C/C)C2=O)cc1OC. The van der Waals surface area contributed by atoms with Crippen LogP contribution in [0.5, 0.6) is 11.5 Å². The molecule has 0 radical (unpaired) electrons. The van der Waals surface area contributed by atoms with Crippen LogP contribution in [0.1, 0.15) is 29.7 Å². The summed E-state index contributed by atoms with van der Waals surface area (Å²) < 4.78 is 11.6. The third-order valence-electron chi connectivity index (χ3n) is 6.78. The predicted molar refractivity (Wildman–Crippen MR) is 191 cm³/mol. The molecular weight excluding hydrogens is 678 g/mol. The van der Waals surface area contributed by atoms with E-state index in [4.69, 9.17) is 15.9 Å². The second-order valence-corrected chi connectivity index (χ2v) is 11.6. The number of benzene rings is 3. The summed E-state index contributed by atoms with van der Waals surface area (Å²) in [5.74, 6) is 1.39. The van der Waals surface area contributed by atoms with Crippen molar-refractivity contribution in [3.8, 4) is 23.8 Å². The number of thioether (sulfide) groups is 1. The molecule has 0 bridgehead atoms. The number of carbonyl (C=O) groups excluding carboxylic acids is 3. The summed E-state index contributed by atoms with van der Waals surface area (Å²) in [7, 11) is 1.47. The number of halogens is 1. The smallest absolute Gasteiger partial charge is 0.285 e. The first-order valence-corrected chi connectivity index (χ1v) is 16.2. The average Bonchev–Trinajstić information content (AvgIpc) is 3.09. The van der Waals surface area contributed by atoms with Crippen molar-refractivity contribution in [1.29, 1.82) is 0 Å². The highest BCUT2D eigenvalue weighted by molar-refractivity contribution is 9.10. The van der Waals surface area contributed by atoms with E-state index in [0.717, 1.165) is 22.9 Å². The van der Waals surface area contributed by atoms with Crippen LogP contribution in [0.2, 0.25) is 0 Å². The summed E-state index contributed by atoms with van der Waals surface area (Å²) in [6.07, 6.45) is 13.4. The number of nitrogens with zero attached hydrogens (tertiary/aromatic N) is 2.